The maximum atomic E-state index is 5.58. The molecular weight excluding hydrogens is 236 g/mol. The Kier molecular flexibility index (Phi) is 5.67. The van der Waals surface area contributed by atoms with Crippen molar-refractivity contribution in [2.75, 3.05) is 39.3 Å². The normalized spacial score (nSPS) is 16.5. The van der Waals surface area contributed by atoms with Crippen molar-refractivity contribution in [3.8, 4) is 5.75 Å². The number of nitrogens with zero attached hydrogens (tertiary/aromatic N) is 1. The Morgan fingerprint density at radius 2 is 2.05 bits per heavy atom. The molecule has 1 fully saturated rings. The van der Waals surface area contributed by atoms with E-state index in [-0.39, 0.29) is 0 Å². The van der Waals surface area contributed by atoms with Crippen LogP contribution < -0.4 is 10.1 Å². The summed E-state index contributed by atoms with van der Waals surface area (Å²) >= 11 is 0. The molecule has 3 heteroatoms. The first kappa shape index (κ1) is 14.4. The summed E-state index contributed by atoms with van der Waals surface area (Å²) < 4.78 is 5.58. The van der Waals surface area contributed by atoms with E-state index in [1.807, 2.05) is 6.92 Å². The van der Waals surface area contributed by atoms with E-state index in [2.05, 4.69) is 35.3 Å². The summed E-state index contributed by atoms with van der Waals surface area (Å²) in [6.07, 6.45) is 2.41. The Balaban J connectivity index is 1.77. The largest absolute Gasteiger partial charge is 0.494 e. The fourth-order valence-electron chi connectivity index (χ4n) is 2.63. The van der Waals surface area contributed by atoms with Crippen LogP contribution in [0.4, 0.5) is 0 Å². The summed E-state index contributed by atoms with van der Waals surface area (Å²) in [4.78, 5) is 2.55. The van der Waals surface area contributed by atoms with Crippen molar-refractivity contribution in [2.45, 2.75) is 26.7 Å². The van der Waals surface area contributed by atoms with Crippen molar-refractivity contribution in [2.24, 2.45) is 0 Å². The second-order valence-corrected chi connectivity index (χ2v) is 5.23. The van der Waals surface area contributed by atoms with Crippen LogP contribution >= 0.6 is 0 Å². The fraction of sp³-hybridized carbons (Fsp3) is 0.625. The third-order valence-electron chi connectivity index (χ3n) is 3.69. The number of benzene rings is 1. The second-order valence-electron chi connectivity index (χ2n) is 5.23. The van der Waals surface area contributed by atoms with Crippen molar-refractivity contribution in [3.63, 3.8) is 0 Å². The molecule has 0 saturated carbocycles. The molecule has 0 radical (unpaired) electrons. The van der Waals surface area contributed by atoms with E-state index in [1.165, 1.54) is 37.2 Å². The monoisotopic (exact) mass is 262 g/mol. The summed E-state index contributed by atoms with van der Waals surface area (Å²) in [5.74, 6) is 1.02. The number of rotatable bonds is 6. The zero-order valence-corrected chi connectivity index (χ0v) is 12.2. The number of nitrogens with one attached hydrogen (secondary N) is 1. The SMILES string of the molecule is CCOc1ccc(CCCN2CCNCC2)cc1C. The highest BCUT2D eigenvalue weighted by molar-refractivity contribution is 5.36. The van der Waals surface area contributed by atoms with Crippen LogP contribution in [0.2, 0.25) is 0 Å². The lowest BCUT2D eigenvalue weighted by atomic mass is 10.1. The van der Waals surface area contributed by atoms with Gasteiger partial charge in [0.25, 0.3) is 0 Å². The van der Waals surface area contributed by atoms with Gasteiger partial charge in [-0.25, -0.2) is 0 Å². The number of hydrogen-bond acceptors (Lipinski definition) is 3. The zero-order valence-electron chi connectivity index (χ0n) is 12.2. The van der Waals surface area contributed by atoms with Gasteiger partial charge in [-0.15, -0.1) is 0 Å². The van der Waals surface area contributed by atoms with Crippen molar-refractivity contribution in [1.29, 1.82) is 0 Å². The van der Waals surface area contributed by atoms with Crippen LogP contribution in [-0.2, 0) is 6.42 Å². The Morgan fingerprint density at radius 1 is 1.26 bits per heavy atom. The highest BCUT2D eigenvalue weighted by atomic mass is 16.5. The highest BCUT2D eigenvalue weighted by Gasteiger charge is 2.08. The van der Waals surface area contributed by atoms with Gasteiger partial charge in [0.15, 0.2) is 0 Å². The van der Waals surface area contributed by atoms with Gasteiger partial charge in [-0.2, -0.15) is 0 Å². The summed E-state index contributed by atoms with van der Waals surface area (Å²) in [6, 6.07) is 6.58. The van der Waals surface area contributed by atoms with Crippen LogP contribution in [0, 0.1) is 6.92 Å². The Bertz CT molecular complexity index is 386. The van der Waals surface area contributed by atoms with E-state index in [0.29, 0.717) is 0 Å². The summed E-state index contributed by atoms with van der Waals surface area (Å²) in [5, 5.41) is 3.39. The maximum Gasteiger partial charge on any atom is 0.122 e. The molecule has 1 saturated heterocycles. The molecule has 1 aliphatic heterocycles. The van der Waals surface area contributed by atoms with Crippen LogP contribution in [0.5, 0.6) is 5.75 Å². The second kappa shape index (κ2) is 7.51. The smallest absolute Gasteiger partial charge is 0.122 e. The predicted octanol–water partition coefficient (Wildman–Crippen LogP) is 2.23. The highest BCUT2D eigenvalue weighted by Crippen LogP contribution is 2.19. The number of piperazine rings is 1. The van der Waals surface area contributed by atoms with Crippen LogP contribution in [0.25, 0.3) is 0 Å². The quantitative estimate of drug-likeness (QED) is 0.851. The first-order valence-electron chi connectivity index (χ1n) is 7.45. The van der Waals surface area contributed by atoms with E-state index < -0.39 is 0 Å². The van der Waals surface area contributed by atoms with E-state index >= 15 is 0 Å². The molecule has 0 unspecified atom stereocenters. The minimum absolute atomic E-state index is 0.739. The first-order chi connectivity index (χ1) is 9.29. The number of ether oxygens (including phenoxy) is 1. The first-order valence-corrected chi connectivity index (χ1v) is 7.45. The zero-order chi connectivity index (χ0) is 13.5. The van der Waals surface area contributed by atoms with Crippen LogP contribution in [0.1, 0.15) is 24.5 Å². The van der Waals surface area contributed by atoms with Crippen molar-refractivity contribution in [3.05, 3.63) is 29.3 Å². The van der Waals surface area contributed by atoms with Gasteiger partial charge in [0.05, 0.1) is 6.61 Å². The molecule has 0 bridgehead atoms. The van der Waals surface area contributed by atoms with E-state index in [0.717, 1.165) is 31.9 Å². The molecular formula is C16H26N2O. The summed E-state index contributed by atoms with van der Waals surface area (Å²) in [7, 11) is 0. The fourth-order valence-corrected chi connectivity index (χ4v) is 2.63. The lowest BCUT2D eigenvalue weighted by Crippen LogP contribution is -2.43. The maximum absolute atomic E-state index is 5.58. The molecule has 1 N–H and O–H groups in total. The molecule has 1 aromatic carbocycles. The molecule has 3 nitrogen and oxygen atoms in total. The van der Waals surface area contributed by atoms with Crippen LogP contribution in [0.3, 0.4) is 0 Å². The average molecular weight is 262 g/mol. The lowest BCUT2D eigenvalue weighted by Gasteiger charge is -2.27. The molecule has 19 heavy (non-hydrogen) atoms. The van der Waals surface area contributed by atoms with E-state index in [4.69, 9.17) is 4.74 Å². The summed E-state index contributed by atoms with van der Waals surface area (Å²) in [6.45, 7) is 10.8. The standard InChI is InChI=1S/C16H26N2O/c1-3-19-16-7-6-15(13-14(16)2)5-4-10-18-11-8-17-9-12-18/h6-7,13,17H,3-5,8-12H2,1-2H3. The third kappa shape index (κ3) is 4.51. The molecule has 0 aliphatic carbocycles. The van der Waals surface area contributed by atoms with Gasteiger partial charge in [0, 0.05) is 26.2 Å². The Labute approximate surface area is 116 Å². The molecule has 1 aromatic rings. The molecule has 0 spiro atoms. The Hall–Kier alpha value is -1.06. The molecule has 0 aromatic heterocycles. The van der Waals surface area contributed by atoms with Gasteiger partial charge < -0.3 is 15.0 Å². The van der Waals surface area contributed by atoms with Crippen molar-refractivity contribution >= 4 is 0 Å². The third-order valence-corrected chi connectivity index (χ3v) is 3.69. The molecule has 0 amide bonds. The molecule has 106 valence electrons. The van der Waals surface area contributed by atoms with Crippen LogP contribution in [0.15, 0.2) is 18.2 Å². The van der Waals surface area contributed by atoms with Gasteiger partial charge in [-0.05, 0) is 50.4 Å². The predicted molar refractivity (Wildman–Crippen MR) is 80.0 cm³/mol. The topological polar surface area (TPSA) is 24.5 Å². The van der Waals surface area contributed by atoms with E-state index in [9.17, 15) is 0 Å². The minimum Gasteiger partial charge on any atom is -0.494 e. The van der Waals surface area contributed by atoms with Gasteiger partial charge in [-0.1, -0.05) is 12.1 Å². The molecule has 0 atom stereocenters. The van der Waals surface area contributed by atoms with Crippen molar-refractivity contribution in [1.82, 2.24) is 10.2 Å². The molecule has 2 rings (SSSR count). The van der Waals surface area contributed by atoms with Gasteiger partial charge in [0.1, 0.15) is 5.75 Å². The molecule has 1 heterocycles. The van der Waals surface area contributed by atoms with Crippen LogP contribution in [-0.4, -0.2) is 44.2 Å². The lowest BCUT2D eigenvalue weighted by molar-refractivity contribution is 0.238. The number of hydrogen-bond donors (Lipinski definition) is 1. The molecule has 1 aliphatic rings. The minimum atomic E-state index is 0.739. The van der Waals surface area contributed by atoms with Gasteiger partial charge in [-0.3, -0.25) is 0 Å². The van der Waals surface area contributed by atoms with Crippen molar-refractivity contribution < 1.29 is 4.74 Å². The number of aryl methyl sites for hydroxylation is 2. The van der Waals surface area contributed by atoms with Gasteiger partial charge in [0.2, 0.25) is 0 Å². The van der Waals surface area contributed by atoms with E-state index in [1.54, 1.807) is 0 Å². The average Bonchev–Trinajstić information content (AvgIpc) is 2.43. The summed E-state index contributed by atoms with van der Waals surface area (Å²) in [5.41, 5.74) is 2.68. The van der Waals surface area contributed by atoms with Gasteiger partial charge >= 0.3 is 0 Å². The Morgan fingerprint density at radius 3 is 2.74 bits per heavy atom.